The van der Waals surface area contributed by atoms with Crippen LogP contribution in [0.2, 0.25) is 0 Å². The van der Waals surface area contributed by atoms with Gasteiger partial charge in [0.15, 0.2) is 0 Å². The molecule has 5 heteroatoms. The summed E-state index contributed by atoms with van der Waals surface area (Å²) < 4.78 is 7.71. The number of benzene rings is 1. The van der Waals surface area contributed by atoms with E-state index in [-0.39, 0.29) is 11.8 Å². The average Bonchev–Trinajstić information content (AvgIpc) is 3.15. The van der Waals surface area contributed by atoms with E-state index < -0.39 is 0 Å². The van der Waals surface area contributed by atoms with Gasteiger partial charge in [-0.3, -0.25) is 4.79 Å². The van der Waals surface area contributed by atoms with E-state index in [0.717, 1.165) is 35.5 Å². The first kappa shape index (κ1) is 19.5. The van der Waals surface area contributed by atoms with Crippen LogP contribution in [0.5, 0.6) is 5.75 Å². The van der Waals surface area contributed by atoms with Gasteiger partial charge in [0.25, 0.3) is 0 Å². The molecule has 1 saturated carbocycles. The van der Waals surface area contributed by atoms with E-state index >= 15 is 0 Å². The van der Waals surface area contributed by atoms with Gasteiger partial charge in [0, 0.05) is 36.3 Å². The second kappa shape index (κ2) is 8.68. The number of para-hydroxylation sites is 1. The van der Waals surface area contributed by atoms with Crippen LogP contribution in [0.25, 0.3) is 5.65 Å². The van der Waals surface area contributed by atoms with E-state index in [1.165, 1.54) is 24.8 Å². The minimum Gasteiger partial charge on any atom is -0.496 e. The minimum absolute atomic E-state index is 0.0925. The predicted octanol–water partition coefficient (Wildman–Crippen LogP) is 4.62. The van der Waals surface area contributed by atoms with Gasteiger partial charge in [0.05, 0.1) is 12.8 Å². The zero-order valence-electron chi connectivity index (χ0n) is 17.2. The normalized spacial score (nSPS) is 15.9. The molecule has 2 aromatic heterocycles. The summed E-state index contributed by atoms with van der Waals surface area (Å²) in [6.45, 7) is 2.06. The molecule has 152 valence electrons. The molecule has 5 nitrogen and oxygen atoms in total. The molecule has 1 atom stereocenters. The summed E-state index contributed by atoms with van der Waals surface area (Å²) in [4.78, 5) is 17.6. The number of nitrogens with zero attached hydrogens (tertiary/aromatic N) is 2. The Bertz CT molecular complexity index is 989. The fourth-order valence-corrected chi connectivity index (χ4v) is 4.41. The molecule has 1 unspecified atom stereocenters. The van der Waals surface area contributed by atoms with Crippen LogP contribution in [0, 0.1) is 6.92 Å². The zero-order valence-corrected chi connectivity index (χ0v) is 17.2. The molecule has 0 bridgehead atoms. The van der Waals surface area contributed by atoms with Gasteiger partial charge in [-0.25, -0.2) is 4.98 Å². The number of fused-ring (bicyclic) bond motifs is 1. The number of carbonyl (C=O) groups excluding carboxylic acids is 1. The number of ether oxygens (including phenoxy) is 1. The number of hydrogen-bond donors (Lipinski definition) is 1. The number of aromatic nitrogens is 2. The molecule has 0 spiro atoms. The lowest BCUT2D eigenvalue weighted by Gasteiger charge is -2.25. The highest BCUT2D eigenvalue weighted by Crippen LogP contribution is 2.35. The summed E-state index contributed by atoms with van der Waals surface area (Å²) >= 11 is 0. The molecule has 2 heterocycles. The molecule has 1 aromatic carbocycles. The van der Waals surface area contributed by atoms with Crippen molar-refractivity contribution in [2.45, 2.75) is 57.4 Å². The zero-order chi connectivity index (χ0) is 20.2. The van der Waals surface area contributed by atoms with Gasteiger partial charge in [-0.2, -0.15) is 0 Å². The molecule has 0 radical (unpaired) electrons. The second-order valence-electron chi connectivity index (χ2n) is 8.02. The SMILES string of the molecule is COc1ccccc1C(CC(=O)NC1CCCCC1)c1cnc2cc(C)ccn12. The lowest BCUT2D eigenvalue weighted by atomic mass is 9.90. The van der Waals surface area contributed by atoms with Crippen LogP contribution in [0.15, 0.2) is 48.8 Å². The third-order valence-electron chi connectivity index (χ3n) is 5.93. The molecular weight excluding hydrogens is 362 g/mol. The number of imidazole rings is 1. The van der Waals surface area contributed by atoms with Crippen LogP contribution in [-0.4, -0.2) is 28.4 Å². The summed E-state index contributed by atoms with van der Waals surface area (Å²) in [6, 6.07) is 12.4. The smallest absolute Gasteiger partial charge is 0.221 e. The summed E-state index contributed by atoms with van der Waals surface area (Å²) in [5.74, 6) is 0.757. The van der Waals surface area contributed by atoms with Crippen molar-refractivity contribution in [3.63, 3.8) is 0 Å². The molecule has 1 aliphatic rings. The van der Waals surface area contributed by atoms with Crippen molar-refractivity contribution in [1.82, 2.24) is 14.7 Å². The topological polar surface area (TPSA) is 55.6 Å². The number of amides is 1. The van der Waals surface area contributed by atoms with Crippen LogP contribution in [-0.2, 0) is 4.79 Å². The number of methoxy groups -OCH3 is 1. The number of hydrogen-bond acceptors (Lipinski definition) is 3. The standard InChI is InChI=1S/C24H29N3O2/c1-17-12-13-27-21(16-25-23(27)14-17)20(19-10-6-7-11-22(19)29-2)15-24(28)26-18-8-4-3-5-9-18/h6-7,10-14,16,18,20H,3-5,8-9,15H2,1-2H3,(H,26,28). The third-order valence-corrected chi connectivity index (χ3v) is 5.93. The number of aryl methyl sites for hydroxylation is 1. The van der Waals surface area contributed by atoms with Crippen LogP contribution in [0.3, 0.4) is 0 Å². The first-order valence-electron chi connectivity index (χ1n) is 10.5. The molecule has 29 heavy (non-hydrogen) atoms. The predicted molar refractivity (Wildman–Crippen MR) is 114 cm³/mol. The Morgan fingerprint density at radius 3 is 2.83 bits per heavy atom. The van der Waals surface area contributed by atoms with Crippen LogP contribution in [0.4, 0.5) is 0 Å². The van der Waals surface area contributed by atoms with E-state index in [2.05, 4.69) is 33.8 Å². The van der Waals surface area contributed by atoms with Crippen LogP contribution >= 0.6 is 0 Å². The number of pyridine rings is 1. The average molecular weight is 392 g/mol. The maximum absolute atomic E-state index is 13.0. The summed E-state index contributed by atoms with van der Waals surface area (Å²) in [6.07, 6.45) is 10.1. The first-order valence-corrected chi connectivity index (χ1v) is 10.5. The van der Waals surface area contributed by atoms with Gasteiger partial charge in [-0.15, -0.1) is 0 Å². The largest absolute Gasteiger partial charge is 0.496 e. The summed E-state index contributed by atoms with van der Waals surface area (Å²) in [5.41, 5.74) is 4.07. The molecule has 1 amide bonds. The van der Waals surface area contributed by atoms with E-state index in [4.69, 9.17) is 4.74 Å². The Kier molecular flexibility index (Phi) is 5.84. The number of carbonyl (C=O) groups is 1. The van der Waals surface area contributed by atoms with Gasteiger partial charge >= 0.3 is 0 Å². The Morgan fingerprint density at radius 2 is 2.03 bits per heavy atom. The fourth-order valence-electron chi connectivity index (χ4n) is 4.41. The Balaban J connectivity index is 1.68. The van der Waals surface area contributed by atoms with Gasteiger partial charge < -0.3 is 14.5 Å². The lowest BCUT2D eigenvalue weighted by molar-refractivity contribution is -0.122. The maximum Gasteiger partial charge on any atom is 0.221 e. The highest BCUT2D eigenvalue weighted by molar-refractivity contribution is 5.78. The van der Waals surface area contributed by atoms with E-state index in [1.807, 2.05) is 36.7 Å². The van der Waals surface area contributed by atoms with Crippen molar-refractivity contribution < 1.29 is 9.53 Å². The minimum atomic E-state index is -0.132. The third kappa shape index (κ3) is 4.29. The molecule has 4 rings (SSSR count). The maximum atomic E-state index is 13.0. The summed E-state index contributed by atoms with van der Waals surface area (Å²) in [7, 11) is 1.68. The monoisotopic (exact) mass is 391 g/mol. The molecule has 1 N–H and O–H groups in total. The van der Waals surface area contributed by atoms with E-state index in [9.17, 15) is 4.79 Å². The molecule has 1 aliphatic carbocycles. The quantitative estimate of drug-likeness (QED) is 0.667. The van der Waals surface area contributed by atoms with Crippen LogP contribution in [0.1, 0.15) is 61.3 Å². The number of nitrogens with one attached hydrogen (secondary N) is 1. The molecular formula is C24H29N3O2. The number of rotatable bonds is 6. The molecule has 0 saturated heterocycles. The van der Waals surface area contributed by atoms with Crippen LogP contribution < -0.4 is 10.1 Å². The lowest BCUT2D eigenvalue weighted by Crippen LogP contribution is -2.37. The van der Waals surface area contributed by atoms with Gasteiger partial charge in [-0.05, 0) is 43.5 Å². The van der Waals surface area contributed by atoms with Gasteiger partial charge in [0.2, 0.25) is 5.91 Å². The van der Waals surface area contributed by atoms with E-state index in [0.29, 0.717) is 12.5 Å². The van der Waals surface area contributed by atoms with Crippen molar-refractivity contribution in [2.75, 3.05) is 7.11 Å². The first-order chi connectivity index (χ1) is 14.2. The fraction of sp³-hybridized carbons (Fsp3) is 0.417. The Hall–Kier alpha value is -2.82. The Labute approximate surface area is 172 Å². The van der Waals surface area contributed by atoms with Crippen molar-refractivity contribution in [2.24, 2.45) is 0 Å². The molecule has 1 fully saturated rings. The summed E-state index contributed by atoms with van der Waals surface area (Å²) in [5, 5.41) is 3.27. The van der Waals surface area contributed by atoms with Gasteiger partial charge in [0.1, 0.15) is 11.4 Å². The van der Waals surface area contributed by atoms with Crippen molar-refractivity contribution in [3.8, 4) is 5.75 Å². The highest BCUT2D eigenvalue weighted by atomic mass is 16.5. The Morgan fingerprint density at radius 1 is 1.24 bits per heavy atom. The molecule has 0 aliphatic heterocycles. The van der Waals surface area contributed by atoms with Crippen molar-refractivity contribution in [3.05, 3.63) is 65.6 Å². The second-order valence-corrected chi connectivity index (χ2v) is 8.02. The highest BCUT2D eigenvalue weighted by Gasteiger charge is 2.26. The molecule has 3 aromatic rings. The van der Waals surface area contributed by atoms with Crippen molar-refractivity contribution in [1.29, 1.82) is 0 Å². The van der Waals surface area contributed by atoms with E-state index in [1.54, 1.807) is 7.11 Å². The van der Waals surface area contributed by atoms with Crippen molar-refractivity contribution >= 4 is 11.6 Å². The van der Waals surface area contributed by atoms with Gasteiger partial charge in [-0.1, -0.05) is 37.5 Å².